The first-order valence-corrected chi connectivity index (χ1v) is 13.5. The topological polar surface area (TPSA) is 0 Å². The van der Waals surface area contributed by atoms with Crippen LogP contribution in [-0.4, -0.2) is 0 Å². The van der Waals surface area contributed by atoms with Gasteiger partial charge < -0.3 is 0 Å². The van der Waals surface area contributed by atoms with Crippen molar-refractivity contribution in [2.45, 2.75) is 119 Å². The highest BCUT2D eigenvalue weighted by Crippen LogP contribution is 2.67. The zero-order valence-corrected chi connectivity index (χ0v) is 20.6. The van der Waals surface area contributed by atoms with Crippen LogP contribution in [-0.2, 0) is 0 Å². The smallest absolute Gasteiger partial charge is 0.0143 e. The minimum Gasteiger partial charge on any atom is -0.0844 e. The van der Waals surface area contributed by atoms with Crippen LogP contribution in [0, 0.1) is 52.3 Å². The molecule has 4 aliphatic carbocycles. The first-order chi connectivity index (χ1) is 13.8. The second kappa shape index (κ2) is 8.35. The van der Waals surface area contributed by atoms with E-state index in [1.807, 2.05) is 5.57 Å². The van der Waals surface area contributed by atoms with E-state index in [9.17, 15) is 0 Å². The molecule has 0 nitrogen and oxygen atoms in total. The van der Waals surface area contributed by atoms with Crippen LogP contribution >= 0.6 is 0 Å². The fourth-order valence-electron chi connectivity index (χ4n) is 9.33. The molecule has 0 aliphatic heterocycles. The van der Waals surface area contributed by atoms with Crippen molar-refractivity contribution in [1.82, 2.24) is 0 Å². The lowest BCUT2D eigenvalue weighted by Crippen LogP contribution is -2.50. The molecular weight excluding hydrogens is 348 g/mol. The highest BCUT2D eigenvalue weighted by molar-refractivity contribution is 5.28. The number of hydrogen-bond acceptors (Lipinski definition) is 0. The molecule has 0 aromatic carbocycles. The summed E-state index contributed by atoms with van der Waals surface area (Å²) in [6, 6.07) is 0. The molecule has 0 N–H and O–H groups in total. The maximum Gasteiger partial charge on any atom is -0.0143 e. The van der Waals surface area contributed by atoms with Crippen LogP contribution in [0.2, 0.25) is 0 Å². The van der Waals surface area contributed by atoms with E-state index >= 15 is 0 Å². The van der Waals surface area contributed by atoms with Gasteiger partial charge in [0, 0.05) is 0 Å². The first-order valence-electron chi connectivity index (χ1n) is 13.5. The van der Waals surface area contributed by atoms with E-state index in [1.54, 1.807) is 0 Å². The van der Waals surface area contributed by atoms with Gasteiger partial charge >= 0.3 is 0 Å². The molecule has 0 unspecified atom stereocenters. The van der Waals surface area contributed by atoms with E-state index in [4.69, 9.17) is 0 Å². The number of fused-ring (bicyclic) bond motifs is 5. The minimum atomic E-state index is 0.599. The van der Waals surface area contributed by atoms with Gasteiger partial charge in [0.05, 0.1) is 0 Å². The Balaban J connectivity index is 1.52. The van der Waals surface area contributed by atoms with Crippen molar-refractivity contribution in [1.29, 1.82) is 0 Å². The lowest BCUT2D eigenvalue weighted by atomic mass is 9.46. The van der Waals surface area contributed by atoms with Crippen LogP contribution in [0.25, 0.3) is 0 Å². The molecule has 4 rings (SSSR count). The third kappa shape index (κ3) is 3.67. The molecule has 0 saturated heterocycles. The van der Waals surface area contributed by atoms with E-state index in [0.29, 0.717) is 10.8 Å². The lowest BCUT2D eigenvalue weighted by Gasteiger charge is -2.59. The van der Waals surface area contributed by atoms with Gasteiger partial charge in [-0.1, -0.05) is 91.7 Å². The number of allylic oxidation sites excluding steroid dienone is 2. The van der Waals surface area contributed by atoms with Crippen LogP contribution in [0.15, 0.2) is 11.6 Å². The molecule has 0 bridgehead atoms. The molecule has 0 heterocycles. The average molecular weight is 399 g/mol. The van der Waals surface area contributed by atoms with Crippen LogP contribution in [0.3, 0.4) is 0 Å². The Morgan fingerprint density at radius 3 is 2.41 bits per heavy atom. The van der Waals surface area contributed by atoms with E-state index < -0.39 is 0 Å². The lowest BCUT2D eigenvalue weighted by molar-refractivity contribution is -0.0334. The van der Waals surface area contributed by atoms with Gasteiger partial charge in [-0.05, 0) is 90.8 Å². The summed E-state index contributed by atoms with van der Waals surface area (Å²) in [5.41, 5.74) is 3.18. The Kier molecular flexibility index (Phi) is 6.32. The summed E-state index contributed by atoms with van der Waals surface area (Å²) in [5, 5.41) is 0. The Morgan fingerprint density at radius 1 is 0.931 bits per heavy atom. The van der Waals surface area contributed by atoms with Gasteiger partial charge in [0.25, 0.3) is 0 Å². The highest BCUT2D eigenvalue weighted by Gasteiger charge is 2.58. The summed E-state index contributed by atoms with van der Waals surface area (Å²) in [6.07, 6.45) is 20.5. The molecule has 3 saturated carbocycles. The average Bonchev–Trinajstić information content (AvgIpc) is 3.03. The summed E-state index contributed by atoms with van der Waals surface area (Å²) < 4.78 is 0. The molecule has 166 valence electrons. The van der Waals surface area contributed by atoms with Crippen molar-refractivity contribution in [3.05, 3.63) is 11.6 Å². The van der Waals surface area contributed by atoms with Gasteiger partial charge in [-0.15, -0.1) is 0 Å². The molecule has 0 heteroatoms. The maximum atomic E-state index is 2.82. The van der Waals surface area contributed by atoms with E-state index in [-0.39, 0.29) is 0 Å². The molecule has 0 aromatic rings. The predicted molar refractivity (Wildman–Crippen MR) is 127 cm³/mol. The number of rotatable bonds is 6. The van der Waals surface area contributed by atoms with Gasteiger partial charge in [0.2, 0.25) is 0 Å². The molecule has 0 spiro atoms. The second-order valence-corrected chi connectivity index (χ2v) is 12.7. The largest absolute Gasteiger partial charge is 0.0844 e. The van der Waals surface area contributed by atoms with Crippen LogP contribution < -0.4 is 0 Å². The Bertz CT molecular complexity index is 599. The van der Waals surface area contributed by atoms with Gasteiger partial charge in [0.1, 0.15) is 0 Å². The van der Waals surface area contributed by atoms with Crippen molar-refractivity contribution in [2.24, 2.45) is 52.3 Å². The Hall–Kier alpha value is -0.260. The quantitative estimate of drug-likeness (QED) is 0.391. The van der Waals surface area contributed by atoms with Crippen LogP contribution in [0.5, 0.6) is 0 Å². The fraction of sp³-hybridized carbons (Fsp3) is 0.931. The van der Waals surface area contributed by atoms with E-state index in [0.717, 1.165) is 41.4 Å². The molecule has 0 radical (unpaired) electrons. The van der Waals surface area contributed by atoms with Crippen molar-refractivity contribution in [2.75, 3.05) is 0 Å². The monoisotopic (exact) mass is 398 g/mol. The number of hydrogen-bond donors (Lipinski definition) is 0. The van der Waals surface area contributed by atoms with Gasteiger partial charge in [-0.25, -0.2) is 0 Å². The second-order valence-electron chi connectivity index (χ2n) is 12.7. The van der Waals surface area contributed by atoms with Crippen molar-refractivity contribution >= 4 is 0 Å². The third-order valence-corrected chi connectivity index (χ3v) is 10.9. The molecule has 0 aromatic heterocycles. The molecule has 0 amide bonds. The summed E-state index contributed by atoms with van der Waals surface area (Å²) in [7, 11) is 0. The summed E-state index contributed by atoms with van der Waals surface area (Å²) >= 11 is 0. The van der Waals surface area contributed by atoms with Crippen LogP contribution in [0.1, 0.15) is 119 Å². The predicted octanol–water partition coefficient (Wildman–Crippen LogP) is 9.05. The highest BCUT2D eigenvalue weighted by atomic mass is 14.6. The SMILES string of the molecule is CC[C@@H]1CCC[C@]2(C)[C@H]3CC[C@]4(C)[C@@H]([C@H](C)CCCC(C)C)CC[C@H]4C3=CC[C@@H]12. The van der Waals surface area contributed by atoms with Gasteiger partial charge in [-0.3, -0.25) is 0 Å². The van der Waals surface area contributed by atoms with Gasteiger partial charge in [-0.2, -0.15) is 0 Å². The van der Waals surface area contributed by atoms with Gasteiger partial charge in [0.15, 0.2) is 0 Å². The normalized spacial score (nSPS) is 45.3. The zero-order valence-electron chi connectivity index (χ0n) is 20.6. The first kappa shape index (κ1) is 22.0. The van der Waals surface area contributed by atoms with Crippen molar-refractivity contribution in [3.63, 3.8) is 0 Å². The van der Waals surface area contributed by atoms with E-state index in [1.165, 1.54) is 77.0 Å². The zero-order chi connectivity index (χ0) is 20.8. The Labute approximate surface area is 182 Å². The standard InChI is InChI=1S/C29H50/c1-7-22-12-9-18-28(5)25(22)14-13-23-26-16-15-24(21(4)11-8-10-20(2)3)29(26,6)19-17-27(23)28/h13,20-22,24-27H,7-12,14-19H2,1-6H3/t21-,22-,24-,25+,26+,27+,28+,29-/m1/s1. The third-order valence-electron chi connectivity index (χ3n) is 10.9. The maximum absolute atomic E-state index is 2.82. The Morgan fingerprint density at radius 2 is 1.69 bits per heavy atom. The van der Waals surface area contributed by atoms with Crippen molar-refractivity contribution in [3.8, 4) is 0 Å². The summed E-state index contributed by atoms with van der Waals surface area (Å²) in [4.78, 5) is 0. The van der Waals surface area contributed by atoms with Crippen molar-refractivity contribution < 1.29 is 0 Å². The van der Waals surface area contributed by atoms with Crippen LogP contribution in [0.4, 0.5) is 0 Å². The molecule has 3 fully saturated rings. The summed E-state index contributed by atoms with van der Waals surface area (Å²) in [5.74, 6) is 6.58. The fourth-order valence-corrected chi connectivity index (χ4v) is 9.33. The summed E-state index contributed by atoms with van der Waals surface area (Å²) in [6.45, 7) is 15.3. The molecular formula is C29H50. The molecule has 8 atom stereocenters. The molecule has 4 aliphatic rings. The molecule has 29 heavy (non-hydrogen) atoms. The van der Waals surface area contributed by atoms with E-state index in [2.05, 4.69) is 47.6 Å². The minimum absolute atomic E-state index is 0.599.